The van der Waals surface area contributed by atoms with Gasteiger partial charge in [-0.3, -0.25) is 4.79 Å². The summed E-state index contributed by atoms with van der Waals surface area (Å²) in [5.41, 5.74) is 0.547. The van der Waals surface area contributed by atoms with Crippen LogP contribution in [0.15, 0.2) is 12.2 Å². The molecule has 114 valence electrons. The summed E-state index contributed by atoms with van der Waals surface area (Å²) in [7, 11) is 0. The van der Waals surface area contributed by atoms with Crippen molar-refractivity contribution in [3.63, 3.8) is 0 Å². The topological polar surface area (TPSA) is 55.4 Å². The standard InChI is InChI=1S/C16H27NO3/c1-10(2)12-7-13(11(3)14(18)8-12)9-17-15(19)20-16(4,5)6/h11-13H,1,7-9H2,2-6H3,(H,17,19). The summed E-state index contributed by atoms with van der Waals surface area (Å²) in [6, 6.07) is 0. The van der Waals surface area contributed by atoms with Crippen molar-refractivity contribution in [2.45, 2.75) is 53.1 Å². The molecule has 0 aromatic heterocycles. The van der Waals surface area contributed by atoms with E-state index in [-0.39, 0.29) is 23.5 Å². The average molecular weight is 281 g/mol. The van der Waals surface area contributed by atoms with Gasteiger partial charge < -0.3 is 10.1 Å². The number of ether oxygens (including phenoxy) is 1. The van der Waals surface area contributed by atoms with Crippen molar-refractivity contribution >= 4 is 11.9 Å². The van der Waals surface area contributed by atoms with Crippen molar-refractivity contribution in [3.8, 4) is 0 Å². The Morgan fingerprint density at radius 3 is 2.55 bits per heavy atom. The number of Topliss-reactive ketones (excluding diaryl/α,β-unsaturated/α-hetero) is 1. The number of carbonyl (C=O) groups is 2. The molecule has 1 aliphatic rings. The Labute approximate surface area is 122 Å². The highest BCUT2D eigenvalue weighted by Gasteiger charge is 2.34. The zero-order chi connectivity index (χ0) is 15.5. The fourth-order valence-electron chi connectivity index (χ4n) is 2.51. The number of hydrogen-bond donors (Lipinski definition) is 1. The number of amides is 1. The SMILES string of the molecule is C=C(C)C1CC(=O)C(C)C(CNC(=O)OC(C)(C)C)C1. The van der Waals surface area contributed by atoms with Gasteiger partial charge in [0.1, 0.15) is 11.4 Å². The summed E-state index contributed by atoms with van der Waals surface area (Å²) in [6.07, 6.45) is 1.06. The number of nitrogens with one attached hydrogen (secondary N) is 1. The number of rotatable bonds is 3. The molecule has 1 amide bonds. The second-order valence-corrected chi connectivity index (χ2v) is 6.88. The number of ketones is 1. The van der Waals surface area contributed by atoms with Crippen LogP contribution in [0.5, 0.6) is 0 Å². The van der Waals surface area contributed by atoms with Gasteiger partial charge in [-0.25, -0.2) is 4.79 Å². The summed E-state index contributed by atoms with van der Waals surface area (Å²) < 4.78 is 5.21. The maximum absolute atomic E-state index is 12.0. The lowest BCUT2D eigenvalue weighted by Gasteiger charge is -2.33. The molecular weight excluding hydrogens is 254 g/mol. The van der Waals surface area contributed by atoms with Crippen molar-refractivity contribution in [3.05, 3.63) is 12.2 Å². The maximum atomic E-state index is 12.0. The van der Waals surface area contributed by atoms with Gasteiger partial charge in [-0.2, -0.15) is 0 Å². The molecule has 0 heterocycles. The van der Waals surface area contributed by atoms with Crippen LogP contribution in [0.1, 0.15) is 47.5 Å². The van der Waals surface area contributed by atoms with Crippen LogP contribution >= 0.6 is 0 Å². The van der Waals surface area contributed by atoms with Crippen molar-refractivity contribution in [1.82, 2.24) is 5.32 Å². The molecular formula is C16H27NO3. The lowest BCUT2D eigenvalue weighted by atomic mass is 9.72. The van der Waals surface area contributed by atoms with Crippen molar-refractivity contribution in [1.29, 1.82) is 0 Å². The van der Waals surface area contributed by atoms with Crippen LogP contribution < -0.4 is 5.32 Å². The molecule has 1 saturated carbocycles. The van der Waals surface area contributed by atoms with E-state index in [1.165, 1.54) is 0 Å². The minimum Gasteiger partial charge on any atom is -0.444 e. The third-order valence-corrected chi connectivity index (χ3v) is 3.85. The second kappa shape index (κ2) is 6.42. The van der Waals surface area contributed by atoms with Gasteiger partial charge in [-0.15, -0.1) is 0 Å². The second-order valence-electron chi connectivity index (χ2n) is 6.88. The highest BCUT2D eigenvalue weighted by atomic mass is 16.6. The zero-order valence-corrected chi connectivity index (χ0v) is 13.3. The smallest absolute Gasteiger partial charge is 0.407 e. The van der Waals surface area contributed by atoms with Crippen LogP contribution in [0.3, 0.4) is 0 Å². The minimum absolute atomic E-state index is 0.0134. The Morgan fingerprint density at radius 1 is 1.45 bits per heavy atom. The van der Waals surface area contributed by atoms with Crippen LogP contribution in [-0.2, 0) is 9.53 Å². The van der Waals surface area contributed by atoms with E-state index in [0.29, 0.717) is 13.0 Å². The van der Waals surface area contributed by atoms with E-state index in [1.807, 2.05) is 34.6 Å². The fourth-order valence-corrected chi connectivity index (χ4v) is 2.51. The highest BCUT2D eigenvalue weighted by molar-refractivity contribution is 5.82. The Kier molecular flexibility index (Phi) is 5.37. The predicted octanol–water partition coefficient (Wildman–Crippen LogP) is 3.32. The number of carbonyl (C=O) groups excluding carboxylic acids is 2. The molecule has 0 spiro atoms. The molecule has 0 aromatic carbocycles. The summed E-state index contributed by atoms with van der Waals surface area (Å²) in [4.78, 5) is 23.7. The first-order valence-corrected chi connectivity index (χ1v) is 7.25. The summed E-state index contributed by atoms with van der Waals surface area (Å²) >= 11 is 0. The monoisotopic (exact) mass is 281 g/mol. The molecule has 20 heavy (non-hydrogen) atoms. The molecule has 3 atom stereocenters. The quantitative estimate of drug-likeness (QED) is 0.807. The molecule has 1 N–H and O–H groups in total. The first-order chi connectivity index (χ1) is 9.10. The normalized spacial score (nSPS) is 27.1. The molecule has 0 radical (unpaired) electrons. The van der Waals surface area contributed by atoms with Crippen LogP contribution in [0.2, 0.25) is 0 Å². The Balaban J connectivity index is 2.54. The lowest BCUT2D eigenvalue weighted by Crippen LogP contribution is -2.41. The Morgan fingerprint density at radius 2 is 2.05 bits per heavy atom. The largest absolute Gasteiger partial charge is 0.444 e. The molecule has 0 saturated heterocycles. The molecule has 4 heteroatoms. The first-order valence-electron chi connectivity index (χ1n) is 7.25. The zero-order valence-electron chi connectivity index (χ0n) is 13.3. The highest BCUT2D eigenvalue weighted by Crippen LogP contribution is 2.34. The molecule has 1 aliphatic carbocycles. The van der Waals surface area contributed by atoms with Gasteiger partial charge in [0.05, 0.1) is 0 Å². The summed E-state index contributed by atoms with van der Waals surface area (Å²) in [6.45, 7) is 13.8. The van der Waals surface area contributed by atoms with Gasteiger partial charge in [-0.1, -0.05) is 19.1 Å². The van der Waals surface area contributed by atoms with Gasteiger partial charge in [0.2, 0.25) is 0 Å². The maximum Gasteiger partial charge on any atom is 0.407 e. The summed E-state index contributed by atoms with van der Waals surface area (Å²) in [5, 5.41) is 2.78. The van der Waals surface area contributed by atoms with Crippen LogP contribution in [0.4, 0.5) is 4.79 Å². The lowest BCUT2D eigenvalue weighted by molar-refractivity contribution is -0.127. The van der Waals surface area contributed by atoms with Gasteiger partial charge >= 0.3 is 6.09 Å². The van der Waals surface area contributed by atoms with Crippen molar-refractivity contribution < 1.29 is 14.3 Å². The number of allylic oxidation sites excluding steroid dienone is 1. The van der Waals surface area contributed by atoms with Crippen LogP contribution in [0.25, 0.3) is 0 Å². The Bertz CT molecular complexity index is 395. The Hall–Kier alpha value is -1.32. The van der Waals surface area contributed by atoms with E-state index in [0.717, 1.165) is 12.0 Å². The molecule has 0 bridgehead atoms. The summed E-state index contributed by atoms with van der Waals surface area (Å²) in [5.74, 6) is 0.649. The fraction of sp³-hybridized carbons (Fsp3) is 0.750. The van der Waals surface area contributed by atoms with E-state index in [4.69, 9.17) is 4.74 Å². The molecule has 3 unspecified atom stereocenters. The number of hydrogen-bond acceptors (Lipinski definition) is 3. The molecule has 4 nitrogen and oxygen atoms in total. The van der Waals surface area contributed by atoms with Crippen LogP contribution in [-0.4, -0.2) is 24.0 Å². The molecule has 1 rings (SSSR count). The molecule has 1 fully saturated rings. The molecule has 0 aromatic rings. The van der Waals surface area contributed by atoms with E-state index in [2.05, 4.69) is 11.9 Å². The predicted molar refractivity (Wildman–Crippen MR) is 79.4 cm³/mol. The van der Waals surface area contributed by atoms with E-state index in [1.54, 1.807) is 0 Å². The van der Waals surface area contributed by atoms with Crippen molar-refractivity contribution in [2.24, 2.45) is 17.8 Å². The third-order valence-electron chi connectivity index (χ3n) is 3.85. The van der Waals surface area contributed by atoms with Gasteiger partial charge in [-0.05, 0) is 46.0 Å². The van der Waals surface area contributed by atoms with E-state index >= 15 is 0 Å². The third kappa shape index (κ3) is 4.99. The van der Waals surface area contributed by atoms with Gasteiger partial charge in [0.25, 0.3) is 0 Å². The average Bonchev–Trinajstić information content (AvgIpc) is 2.28. The van der Waals surface area contributed by atoms with Crippen molar-refractivity contribution in [2.75, 3.05) is 6.54 Å². The molecule has 0 aliphatic heterocycles. The van der Waals surface area contributed by atoms with E-state index < -0.39 is 11.7 Å². The number of alkyl carbamates (subject to hydrolysis) is 1. The minimum atomic E-state index is -0.502. The van der Waals surface area contributed by atoms with E-state index in [9.17, 15) is 9.59 Å². The van der Waals surface area contributed by atoms with Gasteiger partial charge in [0, 0.05) is 18.9 Å². The first kappa shape index (κ1) is 16.7. The van der Waals surface area contributed by atoms with Crippen LogP contribution in [0, 0.1) is 17.8 Å². The van der Waals surface area contributed by atoms with Gasteiger partial charge in [0.15, 0.2) is 0 Å².